The van der Waals surface area contributed by atoms with Crippen molar-refractivity contribution in [3.8, 4) is 5.75 Å². The largest absolute Gasteiger partial charge is 0.490 e. The maximum atomic E-state index is 12.4. The normalized spacial score (nSPS) is 15.7. The van der Waals surface area contributed by atoms with Gasteiger partial charge in [-0.1, -0.05) is 30.3 Å². The Labute approximate surface area is 186 Å². The van der Waals surface area contributed by atoms with Crippen LogP contribution >= 0.6 is 0 Å². The van der Waals surface area contributed by atoms with E-state index in [1.165, 1.54) is 0 Å². The Bertz CT molecular complexity index is 955. The SMILES string of the molecule is N/C(=N\C(=O)c1ccc(C[C@H](N)C(=O)O)cc1)NCc1ccccc1OC1CCOCC1. The molecule has 3 rings (SSSR count). The smallest absolute Gasteiger partial charge is 0.320 e. The fourth-order valence-electron chi connectivity index (χ4n) is 3.26. The molecule has 1 aliphatic heterocycles. The number of aliphatic imine (C=N–C) groups is 1. The topological polar surface area (TPSA) is 149 Å². The number of nitrogens with zero attached hydrogens (tertiary/aromatic N) is 1. The van der Waals surface area contributed by atoms with Crippen molar-refractivity contribution in [3.05, 3.63) is 65.2 Å². The molecule has 1 amide bonds. The highest BCUT2D eigenvalue weighted by Gasteiger charge is 2.17. The van der Waals surface area contributed by atoms with Gasteiger partial charge in [0.15, 0.2) is 5.96 Å². The van der Waals surface area contributed by atoms with Gasteiger partial charge in [-0.3, -0.25) is 9.59 Å². The van der Waals surface area contributed by atoms with Crippen LogP contribution in [0.5, 0.6) is 5.75 Å². The Kier molecular flexibility index (Phi) is 8.18. The monoisotopic (exact) mass is 440 g/mol. The number of para-hydroxylation sites is 1. The summed E-state index contributed by atoms with van der Waals surface area (Å²) in [7, 11) is 0. The van der Waals surface area contributed by atoms with E-state index < -0.39 is 17.9 Å². The molecule has 0 aromatic heterocycles. The molecule has 32 heavy (non-hydrogen) atoms. The summed E-state index contributed by atoms with van der Waals surface area (Å²) in [5, 5.41) is 11.8. The van der Waals surface area contributed by atoms with Crippen molar-refractivity contribution in [1.82, 2.24) is 5.32 Å². The van der Waals surface area contributed by atoms with E-state index in [-0.39, 0.29) is 18.5 Å². The fourth-order valence-corrected chi connectivity index (χ4v) is 3.26. The van der Waals surface area contributed by atoms with Crippen molar-refractivity contribution in [2.24, 2.45) is 16.5 Å². The van der Waals surface area contributed by atoms with Crippen molar-refractivity contribution in [2.75, 3.05) is 13.2 Å². The lowest BCUT2D eigenvalue weighted by Gasteiger charge is -2.24. The number of carboxylic acid groups (broad SMARTS) is 1. The minimum absolute atomic E-state index is 0.00662. The number of guanidine groups is 1. The Morgan fingerprint density at radius 3 is 2.53 bits per heavy atom. The van der Waals surface area contributed by atoms with E-state index in [2.05, 4.69) is 10.3 Å². The molecule has 0 unspecified atom stereocenters. The summed E-state index contributed by atoms with van der Waals surface area (Å²) in [4.78, 5) is 27.1. The number of carbonyl (C=O) groups is 2. The van der Waals surface area contributed by atoms with Gasteiger partial charge >= 0.3 is 5.97 Å². The van der Waals surface area contributed by atoms with Crippen molar-refractivity contribution in [3.63, 3.8) is 0 Å². The van der Waals surface area contributed by atoms with Crippen molar-refractivity contribution in [2.45, 2.75) is 38.0 Å². The van der Waals surface area contributed by atoms with Crippen LogP contribution in [0.15, 0.2) is 53.5 Å². The lowest BCUT2D eigenvalue weighted by atomic mass is 10.0. The predicted molar refractivity (Wildman–Crippen MR) is 119 cm³/mol. The van der Waals surface area contributed by atoms with Crippen LogP contribution < -0.4 is 21.5 Å². The number of carboxylic acids is 1. The highest BCUT2D eigenvalue weighted by Crippen LogP contribution is 2.22. The molecule has 6 N–H and O–H groups in total. The van der Waals surface area contributed by atoms with Gasteiger partial charge < -0.3 is 31.4 Å². The first-order valence-corrected chi connectivity index (χ1v) is 10.4. The van der Waals surface area contributed by atoms with E-state index >= 15 is 0 Å². The summed E-state index contributed by atoms with van der Waals surface area (Å²) >= 11 is 0. The van der Waals surface area contributed by atoms with Gasteiger partial charge in [0.25, 0.3) is 5.91 Å². The molecule has 0 radical (unpaired) electrons. The first kappa shape index (κ1) is 23.2. The maximum absolute atomic E-state index is 12.4. The molecule has 1 atom stereocenters. The number of hydrogen-bond donors (Lipinski definition) is 4. The highest BCUT2D eigenvalue weighted by molar-refractivity contribution is 6.02. The van der Waals surface area contributed by atoms with Crippen LogP contribution in [0.4, 0.5) is 0 Å². The number of aliphatic carboxylic acids is 1. The van der Waals surface area contributed by atoms with Crippen LogP contribution in [0, 0.1) is 0 Å². The van der Waals surface area contributed by atoms with Gasteiger partial charge in [0.05, 0.1) is 13.2 Å². The van der Waals surface area contributed by atoms with Gasteiger partial charge in [0.1, 0.15) is 17.9 Å². The molecule has 0 bridgehead atoms. The average molecular weight is 441 g/mol. The van der Waals surface area contributed by atoms with Gasteiger partial charge in [0, 0.05) is 30.5 Å². The number of amides is 1. The van der Waals surface area contributed by atoms with Gasteiger partial charge in [-0.05, 0) is 30.2 Å². The summed E-state index contributed by atoms with van der Waals surface area (Å²) < 4.78 is 11.5. The first-order chi connectivity index (χ1) is 15.4. The summed E-state index contributed by atoms with van der Waals surface area (Å²) in [6, 6.07) is 13.1. The zero-order valence-corrected chi connectivity index (χ0v) is 17.7. The lowest BCUT2D eigenvalue weighted by molar-refractivity contribution is -0.138. The summed E-state index contributed by atoms with van der Waals surface area (Å²) in [6.45, 7) is 1.74. The second-order valence-electron chi connectivity index (χ2n) is 7.54. The fraction of sp³-hybridized carbons (Fsp3) is 0.348. The summed E-state index contributed by atoms with van der Waals surface area (Å²) in [5.41, 5.74) is 13.4. The van der Waals surface area contributed by atoms with Crippen LogP contribution in [-0.4, -0.2) is 48.3 Å². The molecule has 1 saturated heterocycles. The number of benzene rings is 2. The number of nitrogens with two attached hydrogens (primary N) is 2. The van der Waals surface area contributed by atoms with E-state index in [1.807, 2.05) is 24.3 Å². The number of rotatable bonds is 8. The molecule has 2 aromatic rings. The summed E-state index contributed by atoms with van der Waals surface area (Å²) in [6.07, 6.45) is 1.99. The molecule has 9 nitrogen and oxygen atoms in total. The second-order valence-corrected chi connectivity index (χ2v) is 7.54. The third kappa shape index (κ3) is 6.79. The number of nitrogens with one attached hydrogen (secondary N) is 1. The van der Waals surface area contributed by atoms with Crippen LogP contribution in [0.3, 0.4) is 0 Å². The molecule has 0 spiro atoms. The number of hydrogen-bond acceptors (Lipinski definition) is 5. The van der Waals surface area contributed by atoms with Gasteiger partial charge in [-0.15, -0.1) is 0 Å². The number of ether oxygens (including phenoxy) is 2. The molecule has 2 aromatic carbocycles. The zero-order chi connectivity index (χ0) is 22.9. The highest BCUT2D eigenvalue weighted by atomic mass is 16.5. The van der Waals surface area contributed by atoms with E-state index in [1.54, 1.807) is 24.3 Å². The molecule has 1 aliphatic rings. The third-order valence-electron chi connectivity index (χ3n) is 5.09. The molecule has 9 heteroatoms. The zero-order valence-electron chi connectivity index (χ0n) is 17.7. The van der Waals surface area contributed by atoms with Crippen LogP contribution in [-0.2, 0) is 22.5 Å². The summed E-state index contributed by atoms with van der Waals surface area (Å²) in [5.74, 6) is -0.821. The Morgan fingerprint density at radius 1 is 1.16 bits per heavy atom. The first-order valence-electron chi connectivity index (χ1n) is 10.4. The second kappa shape index (κ2) is 11.3. The van der Waals surface area contributed by atoms with Crippen molar-refractivity contribution >= 4 is 17.8 Å². The Hall–Kier alpha value is -3.43. The van der Waals surface area contributed by atoms with E-state index in [4.69, 9.17) is 26.0 Å². The van der Waals surface area contributed by atoms with Crippen LogP contribution in [0.1, 0.15) is 34.3 Å². The quantitative estimate of drug-likeness (QED) is 0.356. The van der Waals surface area contributed by atoms with Gasteiger partial charge in [0.2, 0.25) is 0 Å². The van der Waals surface area contributed by atoms with E-state index in [0.717, 1.165) is 24.2 Å². The number of carbonyl (C=O) groups excluding carboxylic acids is 1. The average Bonchev–Trinajstić information content (AvgIpc) is 2.79. The molecule has 1 heterocycles. The minimum Gasteiger partial charge on any atom is -0.490 e. The molecule has 1 fully saturated rings. The van der Waals surface area contributed by atoms with Crippen molar-refractivity contribution in [1.29, 1.82) is 0 Å². The van der Waals surface area contributed by atoms with E-state index in [0.29, 0.717) is 30.9 Å². The molecular formula is C23H28N4O5. The lowest BCUT2D eigenvalue weighted by Crippen LogP contribution is -2.32. The van der Waals surface area contributed by atoms with Crippen LogP contribution in [0.2, 0.25) is 0 Å². The van der Waals surface area contributed by atoms with Crippen LogP contribution in [0.25, 0.3) is 0 Å². The third-order valence-corrected chi connectivity index (χ3v) is 5.09. The Morgan fingerprint density at radius 2 is 1.84 bits per heavy atom. The predicted octanol–water partition coefficient (Wildman–Crippen LogP) is 1.44. The van der Waals surface area contributed by atoms with Crippen molar-refractivity contribution < 1.29 is 24.2 Å². The Balaban J connectivity index is 1.56. The molecule has 0 saturated carbocycles. The minimum atomic E-state index is -1.08. The van der Waals surface area contributed by atoms with Gasteiger partial charge in [-0.2, -0.15) is 4.99 Å². The molecular weight excluding hydrogens is 412 g/mol. The molecule has 170 valence electrons. The van der Waals surface area contributed by atoms with Gasteiger partial charge in [-0.25, -0.2) is 0 Å². The molecule has 0 aliphatic carbocycles. The standard InChI is InChI=1S/C23H28N4O5/c24-19(22(29)30)13-15-5-7-16(8-6-15)21(28)27-23(25)26-14-17-3-1-2-4-20(17)32-18-9-11-31-12-10-18/h1-8,18-19H,9-14,24H2,(H,29,30)(H3,25,26,27,28)/t19-/m0/s1. The van der Waals surface area contributed by atoms with E-state index in [9.17, 15) is 9.59 Å². The maximum Gasteiger partial charge on any atom is 0.320 e.